The Morgan fingerprint density at radius 2 is 2.29 bits per heavy atom. The number of rotatable bonds is 4. The van der Waals surface area contributed by atoms with E-state index in [1.54, 1.807) is 4.90 Å². The van der Waals surface area contributed by atoms with Crippen LogP contribution in [0, 0.1) is 5.92 Å². The summed E-state index contributed by atoms with van der Waals surface area (Å²) in [5.74, 6) is 0.855. The van der Waals surface area contributed by atoms with Crippen LogP contribution in [0.4, 0.5) is 16.2 Å². The van der Waals surface area contributed by atoms with E-state index in [2.05, 4.69) is 24.4 Å². The van der Waals surface area contributed by atoms with Crippen LogP contribution in [0.5, 0.6) is 0 Å². The molecule has 2 aliphatic rings. The van der Waals surface area contributed by atoms with Gasteiger partial charge in [-0.1, -0.05) is 32.3 Å². The first-order valence-corrected chi connectivity index (χ1v) is 8.07. The monoisotopic (exact) mass is 288 g/mol. The molecule has 2 atom stereocenters. The zero-order chi connectivity index (χ0) is 14.7. The number of benzene rings is 1. The van der Waals surface area contributed by atoms with Crippen LogP contribution in [0.2, 0.25) is 0 Å². The van der Waals surface area contributed by atoms with Gasteiger partial charge in [-0.05, 0) is 37.0 Å². The normalized spacial score (nSPS) is 25.8. The third-order valence-corrected chi connectivity index (χ3v) is 4.65. The third-order valence-electron chi connectivity index (χ3n) is 4.65. The summed E-state index contributed by atoms with van der Waals surface area (Å²) < 4.78 is 5.00. The fourth-order valence-electron chi connectivity index (χ4n) is 3.42. The smallest absolute Gasteiger partial charge is 0.414 e. The lowest BCUT2D eigenvalue weighted by atomic mass is 9.84. The van der Waals surface area contributed by atoms with Gasteiger partial charge in [0.05, 0.1) is 6.54 Å². The first kappa shape index (κ1) is 14.2. The van der Waals surface area contributed by atoms with E-state index in [4.69, 9.17) is 4.74 Å². The highest BCUT2D eigenvalue weighted by atomic mass is 16.6. The van der Waals surface area contributed by atoms with Gasteiger partial charge in [-0.3, -0.25) is 4.90 Å². The molecule has 0 spiro atoms. The molecule has 1 aromatic carbocycles. The lowest BCUT2D eigenvalue weighted by molar-refractivity contribution is 0.181. The zero-order valence-electron chi connectivity index (χ0n) is 12.7. The SMILES string of the molecule is CCC1CCCC(Nc2cccc(N3CCOC3=O)c2)C1. The molecule has 1 aromatic rings. The summed E-state index contributed by atoms with van der Waals surface area (Å²) >= 11 is 0. The maximum atomic E-state index is 11.6. The number of anilines is 2. The van der Waals surface area contributed by atoms with Gasteiger partial charge in [-0.15, -0.1) is 0 Å². The molecule has 4 nitrogen and oxygen atoms in total. The molecule has 3 rings (SSSR count). The number of hydrogen-bond acceptors (Lipinski definition) is 3. The Morgan fingerprint density at radius 1 is 1.38 bits per heavy atom. The predicted molar refractivity (Wildman–Crippen MR) is 84.8 cm³/mol. The van der Waals surface area contributed by atoms with Gasteiger partial charge in [0.15, 0.2) is 0 Å². The standard InChI is InChI=1S/C17H24N2O2/c1-2-13-5-3-6-14(11-13)18-15-7-4-8-16(12-15)19-9-10-21-17(19)20/h4,7-8,12-14,18H,2-3,5-6,9-11H2,1H3. The molecule has 0 bridgehead atoms. The number of cyclic esters (lactones) is 1. The zero-order valence-corrected chi connectivity index (χ0v) is 12.7. The summed E-state index contributed by atoms with van der Waals surface area (Å²) in [5.41, 5.74) is 2.03. The van der Waals surface area contributed by atoms with E-state index in [1.165, 1.54) is 32.1 Å². The van der Waals surface area contributed by atoms with Crippen LogP contribution in [-0.2, 0) is 4.74 Å². The van der Waals surface area contributed by atoms with E-state index in [1.807, 2.05) is 12.1 Å². The lowest BCUT2D eigenvalue weighted by Gasteiger charge is -2.30. The first-order chi connectivity index (χ1) is 10.3. The van der Waals surface area contributed by atoms with E-state index in [0.29, 0.717) is 19.2 Å². The van der Waals surface area contributed by atoms with Crippen LogP contribution < -0.4 is 10.2 Å². The molecule has 1 aliphatic carbocycles. The van der Waals surface area contributed by atoms with Crippen molar-refractivity contribution in [2.45, 2.75) is 45.1 Å². The summed E-state index contributed by atoms with van der Waals surface area (Å²) in [6.45, 7) is 3.41. The predicted octanol–water partition coefficient (Wildman–Crippen LogP) is 4.02. The fourth-order valence-corrected chi connectivity index (χ4v) is 3.42. The Hall–Kier alpha value is -1.71. The van der Waals surface area contributed by atoms with Gasteiger partial charge in [0.1, 0.15) is 6.61 Å². The Morgan fingerprint density at radius 3 is 3.05 bits per heavy atom. The van der Waals surface area contributed by atoms with Crippen molar-refractivity contribution in [1.82, 2.24) is 0 Å². The second kappa shape index (κ2) is 6.37. The molecule has 1 amide bonds. The van der Waals surface area contributed by atoms with Crippen molar-refractivity contribution in [2.24, 2.45) is 5.92 Å². The van der Waals surface area contributed by atoms with Gasteiger partial charge in [0.25, 0.3) is 0 Å². The number of amides is 1. The van der Waals surface area contributed by atoms with Gasteiger partial charge in [0.2, 0.25) is 0 Å². The van der Waals surface area contributed by atoms with Gasteiger partial charge >= 0.3 is 6.09 Å². The Bertz CT molecular complexity index is 503. The average Bonchev–Trinajstić information content (AvgIpc) is 2.94. The number of hydrogen-bond donors (Lipinski definition) is 1. The molecule has 114 valence electrons. The maximum Gasteiger partial charge on any atom is 0.414 e. The van der Waals surface area contributed by atoms with Crippen molar-refractivity contribution in [3.05, 3.63) is 24.3 Å². The third kappa shape index (κ3) is 3.31. The Kier molecular flexibility index (Phi) is 4.32. The molecular formula is C17H24N2O2. The second-order valence-electron chi connectivity index (χ2n) is 6.10. The van der Waals surface area contributed by atoms with E-state index >= 15 is 0 Å². The van der Waals surface area contributed by atoms with Crippen molar-refractivity contribution in [2.75, 3.05) is 23.4 Å². The minimum atomic E-state index is -0.240. The molecule has 1 heterocycles. The first-order valence-electron chi connectivity index (χ1n) is 8.07. The minimum Gasteiger partial charge on any atom is -0.447 e. The van der Waals surface area contributed by atoms with Gasteiger partial charge in [-0.25, -0.2) is 4.79 Å². The number of nitrogens with zero attached hydrogens (tertiary/aromatic N) is 1. The maximum absolute atomic E-state index is 11.6. The van der Waals surface area contributed by atoms with E-state index in [0.717, 1.165) is 17.3 Å². The topological polar surface area (TPSA) is 41.6 Å². The number of ether oxygens (including phenoxy) is 1. The number of carbonyl (C=O) groups excluding carboxylic acids is 1. The van der Waals surface area contributed by atoms with Crippen molar-refractivity contribution in [3.8, 4) is 0 Å². The minimum absolute atomic E-state index is 0.240. The molecular weight excluding hydrogens is 264 g/mol. The molecule has 0 aromatic heterocycles. The molecule has 1 N–H and O–H groups in total. The van der Waals surface area contributed by atoms with Crippen LogP contribution in [0.1, 0.15) is 39.0 Å². The van der Waals surface area contributed by atoms with Gasteiger partial charge < -0.3 is 10.1 Å². The highest BCUT2D eigenvalue weighted by Crippen LogP contribution is 2.30. The van der Waals surface area contributed by atoms with Crippen LogP contribution in [-0.4, -0.2) is 25.3 Å². The van der Waals surface area contributed by atoms with Crippen LogP contribution in [0.15, 0.2) is 24.3 Å². The lowest BCUT2D eigenvalue weighted by Crippen LogP contribution is -2.27. The average molecular weight is 288 g/mol. The largest absolute Gasteiger partial charge is 0.447 e. The summed E-state index contributed by atoms with van der Waals surface area (Å²) in [6, 6.07) is 8.67. The van der Waals surface area contributed by atoms with Crippen molar-refractivity contribution < 1.29 is 9.53 Å². The van der Waals surface area contributed by atoms with Crippen LogP contribution >= 0.6 is 0 Å². The Balaban J connectivity index is 1.67. The number of nitrogens with one attached hydrogen (secondary N) is 1. The van der Waals surface area contributed by atoms with Gasteiger partial charge in [0, 0.05) is 17.4 Å². The van der Waals surface area contributed by atoms with E-state index < -0.39 is 0 Å². The Labute approximate surface area is 126 Å². The van der Waals surface area contributed by atoms with Crippen molar-refractivity contribution in [3.63, 3.8) is 0 Å². The van der Waals surface area contributed by atoms with Gasteiger partial charge in [-0.2, -0.15) is 0 Å². The molecule has 1 aliphatic heterocycles. The van der Waals surface area contributed by atoms with Crippen LogP contribution in [0.3, 0.4) is 0 Å². The highest BCUT2D eigenvalue weighted by Gasteiger charge is 2.24. The summed E-state index contributed by atoms with van der Waals surface area (Å²) in [7, 11) is 0. The second-order valence-corrected chi connectivity index (χ2v) is 6.10. The van der Waals surface area contributed by atoms with E-state index in [-0.39, 0.29) is 6.09 Å². The van der Waals surface area contributed by atoms with Crippen molar-refractivity contribution >= 4 is 17.5 Å². The summed E-state index contributed by atoms with van der Waals surface area (Å²) in [6.07, 6.45) is 6.22. The molecule has 2 unspecified atom stereocenters. The summed E-state index contributed by atoms with van der Waals surface area (Å²) in [5, 5.41) is 3.65. The fraction of sp³-hybridized carbons (Fsp3) is 0.588. The van der Waals surface area contributed by atoms with Crippen LogP contribution in [0.25, 0.3) is 0 Å². The van der Waals surface area contributed by atoms with Crippen molar-refractivity contribution in [1.29, 1.82) is 0 Å². The van der Waals surface area contributed by atoms with E-state index in [9.17, 15) is 4.79 Å². The molecule has 4 heteroatoms. The molecule has 1 saturated carbocycles. The summed E-state index contributed by atoms with van der Waals surface area (Å²) in [4.78, 5) is 13.3. The molecule has 1 saturated heterocycles. The quantitative estimate of drug-likeness (QED) is 0.909. The molecule has 2 fully saturated rings. The molecule has 0 radical (unpaired) electrons. The number of carbonyl (C=O) groups is 1. The molecule has 21 heavy (non-hydrogen) atoms. The highest BCUT2D eigenvalue weighted by molar-refractivity contribution is 5.89.